The van der Waals surface area contributed by atoms with Gasteiger partial charge in [-0.1, -0.05) is 13.8 Å². The Morgan fingerprint density at radius 3 is 2.21 bits per heavy atom. The molecule has 0 aromatic heterocycles. The van der Waals surface area contributed by atoms with Gasteiger partial charge in [-0.25, -0.2) is 8.42 Å². The van der Waals surface area contributed by atoms with E-state index in [1.54, 1.807) is 4.90 Å². The average molecular weight is 425 g/mol. The van der Waals surface area contributed by atoms with Crippen LogP contribution in [0, 0.1) is 22.0 Å². The number of hydrogen-bond donors (Lipinski definition) is 0. The van der Waals surface area contributed by atoms with Crippen molar-refractivity contribution >= 4 is 27.3 Å². The number of piperazine rings is 1. The molecule has 0 bridgehead atoms. The Morgan fingerprint density at radius 2 is 1.69 bits per heavy atom. The van der Waals surface area contributed by atoms with Gasteiger partial charge in [0.2, 0.25) is 15.9 Å². The van der Waals surface area contributed by atoms with E-state index in [2.05, 4.69) is 0 Å². The van der Waals surface area contributed by atoms with E-state index in [0.29, 0.717) is 45.0 Å². The topological polar surface area (TPSA) is 104 Å². The van der Waals surface area contributed by atoms with Gasteiger partial charge in [0.05, 0.1) is 9.82 Å². The third-order valence-corrected chi connectivity index (χ3v) is 7.51. The van der Waals surface area contributed by atoms with Crippen molar-refractivity contribution in [2.45, 2.75) is 32.1 Å². The third kappa shape index (κ3) is 4.53. The molecule has 29 heavy (non-hydrogen) atoms. The summed E-state index contributed by atoms with van der Waals surface area (Å²) >= 11 is 0. The maximum atomic E-state index is 13.1. The summed E-state index contributed by atoms with van der Waals surface area (Å²) in [5.41, 5.74) is 0.165. The lowest BCUT2D eigenvalue weighted by Gasteiger charge is -2.35. The number of nitrogens with zero attached hydrogens (tertiary/aromatic N) is 4. The van der Waals surface area contributed by atoms with Gasteiger partial charge in [0.15, 0.2) is 0 Å². The fourth-order valence-corrected chi connectivity index (χ4v) is 5.99. The summed E-state index contributed by atoms with van der Waals surface area (Å²) in [7, 11) is -3.79. The molecule has 9 nitrogen and oxygen atoms in total. The molecule has 1 aromatic rings. The van der Waals surface area contributed by atoms with Crippen molar-refractivity contribution in [3.8, 4) is 0 Å². The van der Waals surface area contributed by atoms with Gasteiger partial charge in [0.25, 0.3) is 5.69 Å². The molecular formula is C19H28N4O5S. The highest BCUT2D eigenvalue weighted by Crippen LogP contribution is 2.34. The van der Waals surface area contributed by atoms with Crippen LogP contribution in [0.1, 0.15) is 27.2 Å². The molecule has 0 radical (unpaired) electrons. The molecule has 2 aliphatic heterocycles. The van der Waals surface area contributed by atoms with Crippen LogP contribution < -0.4 is 4.90 Å². The number of carbonyl (C=O) groups is 1. The molecule has 2 heterocycles. The van der Waals surface area contributed by atoms with Crippen molar-refractivity contribution in [1.29, 1.82) is 0 Å². The maximum absolute atomic E-state index is 13.1. The van der Waals surface area contributed by atoms with Crippen LogP contribution in [0.25, 0.3) is 0 Å². The first-order valence-corrected chi connectivity index (χ1v) is 11.3. The van der Waals surface area contributed by atoms with Crippen molar-refractivity contribution in [3.63, 3.8) is 0 Å². The van der Waals surface area contributed by atoms with Crippen molar-refractivity contribution in [1.82, 2.24) is 9.21 Å². The highest BCUT2D eigenvalue weighted by Gasteiger charge is 2.34. The highest BCUT2D eigenvalue weighted by molar-refractivity contribution is 7.89. The first-order chi connectivity index (χ1) is 13.6. The summed E-state index contributed by atoms with van der Waals surface area (Å²) in [6.07, 6.45) is 0.970. The molecule has 160 valence electrons. The summed E-state index contributed by atoms with van der Waals surface area (Å²) in [5.74, 6) is 0.478. The first kappa shape index (κ1) is 21.5. The standard InChI is InChI=1S/C19H28N4O5S/c1-14-10-15(2)13-22(12-14)29(27,28)17-4-5-18(19(11-17)23(25)26)21-8-6-20(7-9-21)16(3)24/h4-5,11,14-15H,6-10,12-13H2,1-3H3/t14-,15+. The Bertz CT molecular complexity index is 886. The molecule has 10 heteroatoms. The number of hydrogen-bond acceptors (Lipinski definition) is 6. The van der Waals surface area contributed by atoms with E-state index in [0.717, 1.165) is 6.42 Å². The number of benzene rings is 1. The van der Waals surface area contributed by atoms with Crippen molar-refractivity contribution in [3.05, 3.63) is 28.3 Å². The number of rotatable bonds is 4. The van der Waals surface area contributed by atoms with E-state index in [4.69, 9.17) is 0 Å². The average Bonchev–Trinajstić information content (AvgIpc) is 2.66. The molecule has 2 aliphatic rings. The smallest absolute Gasteiger partial charge is 0.293 e. The lowest BCUT2D eigenvalue weighted by Crippen LogP contribution is -2.48. The van der Waals surface area contributed by atoms with Gasteiger partial charge in [-0.3, -0.25) is 14.9 Å². The van der Waals surface area contributed by atoms with Gasteiger partial charge in [-0.05, 0) is 30.4 Å². The third-order valence-electron chi connectivity index (χ3n) is 5.68. The predicted molar refractivity (Wildman–Crippen MR) is 109 cm³/mol. The molecule has 2 saturated heterocycles. The van der Waals surface area contributed by atoms with Crippen LogP contribution in [0.15, 0.2) is 23.1 Å². The second kappa shape index (κ2) is 8.27. The molecule has 0 saturated carbocycles. The molecule has 0 N–H and O–H groups in total. The van der Waals surface area contributed by atoms with E-state index in [1.165, 1.54) is 29.4 Å². The second-order valence-corrected chi connectivity index (χ2v) is 10.1. The summed E-state index contributed by atoms with van der Waals surface area (Å²) in [4.78, 5) is 26.1. The number of carbonyl (C=O) groups excluding carboxylic acids is 1. The quantitative estimate of drug-likeness (QED) is 0.540. The van der Waals surface area contributed by atoms with E-state index >= 15 is 0 Å². The largest absolute Gasteiger partial charge is 0.362 e. The first-order valence-electron chi connectivity index (χ1n) is 9.88. The van der Waals surface area contributed by atoms with Crippen molar-refractivity contribution in [2.24, 2.45) is 11.8 Å². The Balaban J connectivity index is 1.88. The van der Waals surface area contributed by atoms with Gasteiger partial charge < -0.3 is 9.80 Å². The lowest BCUT2D eigenvalue weighted by atomic mass is 9.94. The zero-order valence-electron chi connectivity index (χ0n) is 17.1. The van der Waals surface area contributed by atoms with E-state index in [-0.39, 0.29) is 28.3 Å². The molecule has 1 amide bonds. The second-order valence-electron chi connectivity index (χ2n) is 8.17. The number of nitro groups is 1. The maximum Gasteiger partial charge on any atom is 0.293 e. The van der Waals surface area contributed by atoms with Crippen LogP contribution in [0.4, 0.5) is 11.4 Å². The van der Waals surface area contributed by atoms with Crippen molar-refractivity contribution < 1.29 is 18.1 Å². The van der Waals surface area contributed by atoms with Crippen molar-refractivity contribution in [2.75, 3.05) is 44.2 Å². The molecule has 2 atom stereocenters. The molecule has 0 spiro atoms. The Kier molecular flexibility index (Phi) is 6.13. The van der Waals surface area contributed by atoms with E-state index in [1.807, 2.05) is 18.7 Å². The predicted octanol–water partition coefficient (Wildman–Crippen LogP) is 1.93. The number of sulfonamides is 1. The van der Waals surface area contributed by atoms with E-state index in [9.17, 15) is 23.3 Å². The van der Waals surface area contributed by atoms with Gasteiger partial charge >= 0.3 is 0 Å². The minimum atomic E-state index is -3.79. The van der Waals surface area contributed by atoms with Gasteiger partial charge in [0, 0.05) is 52.3 Å². The normalized spacial score (nSPS) is 23.8. The van der Waals surface area contributed by atoms with Crippen LogP contribution in [0.3, 0.4) is 0 Å². The van der Waals surface area contributed by atoms with E-state index < -0.39 is 14.9 Å². The molecule has 0 unspecified atom stereocenters. The number of amides is 1. The highest BCUT2D eigenvalue weighted by atomic mass is 32.2. The zero-order chi connectivity index (χ0) is 21.3. The molecule has 2 fully saturated rings. The zero-order valence-corrected chi connectivity index (χ0v) is 17.9. The monoisotopic (exact) mass is 424 g/mol. The molecular weight excluding hydrogens is 396 g/mol. The Labute approximate surface area is 171 Å². The minimum Gasteiger partial charge on any atom is -0.362 e. The van der Waals surface area contributed by atoms with Gasteiger partial charge in [-0.2, -0.15) is 4.31 Å². The van der Waals surface area contributed by atoms with Crippen LogP contribution in [-0.4, -0.2) is 67.7 Å². The SMILES string of the molecule is CC(=O)N1CCN(c2ccc(S(=O)(=O)N3C[C@H](C)C[C@H](C)C3)cc2[N+](=O)[O-])CC1. The summed E-state index contributed by atoms with van der Waals surface area (Å²) in [6.45, 7) is 8.28. The Hall–Kier alpha value is -2.20. The summed E-state index contributed by atoms with van der Waals surface area (Å²) < 4.78 is 27.6. The number of anilines is 1. The van der Waals surface area contributed by atoms with Gasteiger partial charge in [0.1, 0.15) is 5.69 Å². The van der Waals surface area contributed by atoms with Crippen LogP contribution in [0.5, 0.6) is 0 Å². The summed E-state index contributed by atoms with van der Waals surface area (Å²) in [5, 5.41) is 11.7. The number of nitro benzene ring substituents is 1. The minimum absolute atomic E-state index is 0.0226. The van der Waals surface area contributed by atoms with Crippen LogP contribution in [-0.2, 0) is 14.8 Å². The summed E-state index contributed by atoms with van der Waals surface area (Å²) in [6, 6.07) is 4.15. The van der Waals surface area contributed by atoms with Crippen LogP contribution >= 0.6 is 0 Å². The fourth-order valence-electron chi connectivity index (χ4n) is 4.29. The van der Waals surface area contributed by atoms with Gasteiger partial charge in [-0.15, -0.1) is 0 Å². The molecule has 0 aliphatic carbocycles. The fraction of sp³-hybridized carbons (Fsp3) is 0.632. The van der Waals surface area contributed by atoms with Crippen LogP contribution in [0.2, 0.25) is 0 Å². The molecule has 3 rings (SSSR count). The Morgan fingerprint density at radius 1 is 1.10 bits per heavy atom. The molecule has 1 aromatic carbocycles. The number of piperidine rings is 1. The lowest BCUT2D eigenvalue weighted by molar-refractivity contribution is -0.384.